The van der Waals surface area contributed by atoms with Gasteiger partial charge in [0.1, 0.15) is 6.71 Å². The van der Waals surface area contributed by atoms with Crippen LogP contribution in [0.4, 0.5) is 0 Å². The van der Waals surface area contributed by atoms with Crippen molar-refractivity contribution in [3.8, 4) is 0 Å². The Morgan fingerprint density at radius 1 is 1.00 bits per heavy atom. The van der Waals surface area contributed by atoms with Crippen LogP contribution in [0.1, 0.15) is 23.6 Å². The molecule has 0 aliphatic carbocycles. The summed E-state index contributed by atoms with van der Waals surface area (Å²) in [6.07, 6.45) is 4.06. The van der Waals surface area contributed by atoms with E-state index in [9.17, 15) is 0 Å². The summed E-state index contributed by atoms with van der Waals surface area (Å²) in [6.45, 7) is 7.77. The zero-order chi connectivity index (χ0) is 5.70. The third kappa shape index (κ3) is 4.39. The third-order valence-corrected chi connectivity index (χ3v) is 1.73. The normalized spacial score (nSPS) is 7.88. The average molecular weight is 109 g/mol. The van der Waals surface area contributed by atoms with E-state index in [1.54, 1.807) is 0 Å². The molecule has 0 saturated carbocycles. The first-order chi connectivity index (χ1) is 3.35. The maximum Gasteiger partial charge on any atom is 2.00 e. The van der Waals surface area contributed by atoms with Crippen LogP contribution in [0.5, 0.6) is 0 Å². The molecule has 0 fully saturated rings. The molecule has 0 heterocycles. The van der Waals surface area contributed by atoms with E-state index in [1.807, 2.05) is 0 Å². The van der Waals surface area contributed by atoms with Crippen molar-refractivity contribution in [3.05, 3.63) is 0 Å². The second kappa shape index (κ2) is 7.23. The molecule has 0 aromatic carbocycles. The Hall–Kier alpha value is 0.234. The minimum atomic E-state index is 0. The zero-order valence-corrected chi connectivity index (χ0v) is 6.41. The molecule has 0 aromatic heterocycles. The Morgan fingerprint density at radius 2 is 1.25 bits per heavy atom. The van der Waals surface area contributed by atoms with Crippen LogP contribution in [0.3, 0.4) is 0 Å². The molecule has 0 bridgehead atoms. The summed E-state index contributed by atoms with van der Waals surface area (Å²) in [5, 5.41) is 0. The summed E-state index contributed by atoms with van der Waals surface area (Å²) in [5.41, 5.74) is 0. The number of hydrogen-bond acceptors (Lipinski definition) is 0. The van der Waals surface area contributed by atoms with Crippen LogP contribution in [0.15, 0.2) is 0 Å². The molecule has 8 heavy (non-hydrogen) atoms. The standard InChI is InChI=1S/C6H15B.Be.2H/c1-4-7(5-2)6-3;;;/h4-6H2,1-3H3;;;/q;+2;2*-1. The summed E-state index contributed by atoms with van der Waals surface area (Å²) >= 11 is 0. The predicted octanol–water partition coefficient (Wildman–Crippen LogP) is 2.39. The van der Waals surface area contributed by atoms with Crippen LogP contribution in [0.25, 0.3) is 0 Å². The molecule has 0 N–H and O–H groups in total. The Labute approximate surface area is 60.3 Å². The third-order valence-electron chi connectivity index (χ3n) is 1.73. The molecule has 0 aromatic rings. The van der Waals surface area contributed by atoms with Gasteiger partial charge in [-0.3, -0.25) is 0 Å². The minimum absolute atomic E-state index is 0. The van der Waals surface area contributed by atoms with Crippen molar-refractivity contribution < 1.29 is 2.85 Å². The first kappa shape index (κ1) is 11.1. The largest absolute Gasteiger partial charge is 2.00 e. The Bertz CT molecular complexity index is 37.2. The van der Waals surface area contributed by atoms with Gasteiger partial charge < -0.3 is 2.85 Å². The van der Waals surface area contributed by atoms with E-state index in [1.165, 1.54) is 19.0 Å². The molecule has 46 valence electrons. The van der Waals surface area contributed by atoms with Crippen molar-refractivity contribution in [1.29, 1.82) is 0 Å². The zero-order valence-electron chi connectivity index (χ0n) is 8.41. The van der Waals surface area contributed by atoms with Crippen LogP contribution in [0.2, 0.25) is 19.0 Å². The fourth-order valence-corrected chi connectivity index (χ4v) is 0.866. The molecule has 0 nitrogen and oxygen atoms in total. The van der Waals surface area contributed by atoms with Gasteiger partial charge >= 0.3 is 10.1 Å². The van der Waals surface area contributed by atoms with Crippen molar-refractivity contribution in [1.82, 2.24) is 0 Å². The second-order valence-electron chi connectivity index (χ2n) is 2.09. The van der Waals surface area contributed by atoms with E-state index < -0.39 is 0 Å². The minimum Gasteiger partial charge on any atom is -1.00 e. The molecule has 0 unspecified atom stereocenters. The van der Waals surface area contributed by atoms with E-state index in [0.717, 1.165) is 6.71 Å². The van der Waals surface area contributed by atoms with Crippen LogP contribution < -0.4 is 0 Å². The molecule has 0 atom stereocenters. The summed E-state index contributed by atoms with van der Waals surface area (Å²) in [4.78, 5) is 0. The molecule has 0 saturated heterocycles. The van der Waals surface area contributed by atoms with Gasteiger partial charge in [0.2, 0.25) is 0 Å². The fourth-order valence-electron chi connectivity index (χ4n) is 0.866. The molecular formula is C6H17BBe. The van der Waals surface area contributed by atoms with E-state index in [4.69, 9.17) is 0 Å². The molecular weight excluding hydrogens is 91.9 g/mol. The average Bonchev–Trinajstić information content (AvgIpc) is 1.72. The molecule has 0 aliphatic heterocycles. The van der Waals surface area contributed by atoms with Crippen molar-refractivity contribution in [3.63, 3.8) is 0 Å². The Balaban J connectivity index is -0.0000000600. The smallest absolute Gasteiger partial charge is 1.00 e. The maximum atomic E-state index is 2.26. The molecule has 0 amide bonds. The molecule has 2 heteroatoms. The van der Waals surface area contributed by atoms with E-state index in [0.29, 0.717) is 0 Å². The van der Waals surface area contributed by atoms with E-state index in [-0.39, 0.29) is 13.0 Å². The van der Waals surface area contributed by atoms with Gasteiger partial charge in [-0.2, -0.15) is 0 Å². The second-order valence-corrected chi connectivity index (χ2v) is 2.09. The van der Waals surface area contributed by atoms with Crippen LogP contribution in [-0.4, -0.2) is 16.8 Å². The van der Waals surface area contributed by atoms with Gasteiger partial charge in [-0.1, -0.05) is 39.7 Å². The topological polar surface area (TPSA) is 0 Å². The van der Waals surface area contributed by atoms with E-state index in [2.05, 4.69) is 20.8 Å². The summed E-state index contributed by atoms with van der Waals surface area (Å²) in [7, 11) is 0. The van der Waals surface area contributed by atoms with Gasteiger partial charge in [0, 0.05) is 0 Å². The molecule has 0 aliphatic rings. The monoisotopic (exact) mass is 109 g/mol. The van der Waals surface area contributed by atoms with E-state index >= 15 is 0 Å². The first-order valence-corrected chi connectivity index (χ1v) is 3.35. The van der Waals surface area contributed by atoms with Crippen molar-refractivity contribution in [2.45, 2.75) is 39.7 Å². The first-order valence-electron chi connectivity index (χ1n) is 3.35. The fraction of sp³-hybridized carbons (Fsp3) is 1.00. The van der Waals surface area contributed by atoms with Crippen LogP contribution in [-0.2, 0) is 0 Å². The molecule has 0 radical (unpaired) electrons. The predicted molar refractivity (Wildman–Crippen MR) is 45.2 cm³/mol. The SMILES string of the molecule is CCB(CC)CC.[Be+2].[H-].[H-]. The summed E-state index contributed by atoms with van der Waals surface area (Å²) in [6, 6.07) is 0. The Kier molecular flexibility index (Phi) is 10.0. The van der Waals surface area contributed by atoms with Crippen molar-refractivity contribution in [2.75, 3.05) is 0 Å². The van der Waals surface area contributed by atoms with Crippen molar-refractivity contribution in [2.24, 2.45) is 0 Å². The number of rotatable bonds is 3. The van der Waals surface area contributed by atoms with Gasteiger partial charge in [-0.15, -0.1) is 0 Å². The van der Waals surface area contributed by atoms with Crippen molar-refractivity contribution >= 4 is 16.8 Å². The molecule has 0 rings (SSSR count). The van der Waals surface area contributed by atoms with Crippen LogP contribution >= 0.6 is 0 Å². The van der Waals surface area contributed by atoms with Gasteiger partial charge in [-0.05, 0) is 0 Å². The van der Waals surface area contributed by atoms with Gasteiger partial charge in [0.25, 0.3) is 0 Å². The number of hydrogen-bond donors (Lipinski definition) is 0. The molecule has 0 spiro atoms. The maximum absolute atomic E-state index is 2.26. The Morgan fingerprint density at radius 3 is 1.25 bits per heavy atom. The van der Waals surface area contributed by atoms with Gasteiger partial charge in [0.15, 0.2) is 0 Å². The van der Waals surface area contributed by atoms with Crippen LogP contribution in [0, 0.1) is 0 Å². The van der Waals surface area contributed by atoms with Gasteiger partial charge in [0.05, 0.1) is 0 Å². The van der Waals surface area contributed by atoms with Gasteiger partial charge in [-0.25, -0.2) is 0 Å². The summed E-state index contributed by atoms with van der Waals surface area (Å²) < 4.78 is 0. The quantitative estimate of drug-likeness (QED) is 0.488. The summed E-state index contributed by atoms with van der Waals surface area (Å²) in [5.74, 6) is 0.